The van der Waals surface area contributed by atoms with Crippen molar-refractivity contribution in [1.29, 1.82) is 0 Å². The zero-order valence-electron chi connectivity index (χ0n) is 16.6. The normalized spacial score (nSPS) is 20.9. The van der Waals surface area contributed by atoms with E-state index in [4.69, 9.17) is 9.15 Å². The molecule has 1 aliphatic heterocycles. The molecular weight excluding hydrogens is 372 g/mol. The minimum Gasteiger partial charge on any atom is -0.459 e. The van der Waals surface area contributed by atoms with Gasteiger partial charge in [-0.3, -0.25) is 14.4 Å². The number of ether oxygens (including phenoxy) is 1. The van der Waals surface area contributed by atoms with Gasteiger partial charge in [-0.15, -0.1) is 0 Å². The summed E-state index contributed by atoms with van der Waals surface area (Å²) in [6, 6.07) is 9.41. The van der Waals surface area contributed by atoms with Crippen molar-refractivity contribution in [3.63, 3.8) is 0 Å². The van der Waals surface area contributed by atoms with Crippen LogP contribution >= 0.6 is 0 Å². The SMILES string of the molecule is C[C@H](NC(=O)COC(=O)[C@H]1CC(=O)N(C2CCCC2)C1)c1cc2ccccc2o1. The van der Waals surface area contributed by atoms with E-state index in [1.165, 1.54) is 0 Å². The van der Waals surface area contributed by atoms with Crippen LogP contribution in [0.2, 0.25) is 0 Å². The van der Waals surface area contributed by atoms with E-state index in [0.29, 0.717) is 12.3 Å². The minimum atomic E-state index is -0.483. The Kier molecular flexibility index (Phi) is 5.56. The predicted molar refractivity (Wildman–Crippen MR) is 106 cm³/mol. The Morgan fingerprint density at radius 2 is 2.03 bits per heavy atom. The molecule has 2 atom stereocenters. The lowest BCUT2D eigenvalue weighted by Gasteiger charge is -2.23. The van der Waals surface area contributed by atoms with Gasteiger partial charge >= 0.3 is 5.97 Å². The summed E-state index contributed by atoms with van der Waals surface area (Å²) in [5, 5.41) is 3.74. The Bertz CT molecular complexity index is 882. The van der Waals surface area contributed by atoms with E-state index in [0.717, 1.165) is 36.7 Å². The van der Waals surface area contributed by atoms with E-state index >= 15 is 0 Å². The number of para-hydroxylation sites is 1. The predicted octanol–water partition coefficient (Wildman–Crippen LogP) is 2.94. The van der Waals surface area contributed by atoms with E-state index in [9.17, 15) is 14.4 Å². The standard InChI is InChI=1S/C22H26N2O5/c1-14(19-10-15-6-2-5-9-18(15)29-19)23-20(25)13-28-22(27)16-11-21(26)24(12-16)17-7-3-4-8-17/h2,5-6,9-10,14,16-17H,3-4,7-8,11-13H2,1H3,(H,23,25)/t14-,16-/m0/s1. The molecular formula is C22H26N2O5. The summed E-state index contributed by atoms with van der Waals surface area (Å²) in [4.78, 5) is 38.6. The minimum absolute atomic E-state index is 0.0156. The maximum Gasteiger partial charge on any atom is 0.311 e. The van der Waals surface area contributed by atoms with Crippen molar-refractivity contribution < 1.29 is 23.5 Å². The molecule has 1 N–H and O–H groups in total. The van der Waals surface area contributed by atoms with Gasteiger partial charge in [0.15, 0.2) is 6.61 Å². The Morgan fingerprint density at radius 1 is 1.28 bits per heavy atom. The molecule has 7 nitrogen and oxygen atoms in total. The van der Waals surface area contributed by atoms with E-state index in [1.54, 1.807) is 0 Å². The number of nitrogens with zero attached hydrogens (tertiary/aromatic N) is 1. The Labute approximate surface area is 169 Å². The number of hydrogen-bond donors (Lipinski definition) is 1. The Balaban J connectivity index is 1.25. The molecule has 29 heavy (non-hydrogen) atoms. The maximum atomic E-state index is 12.3. The van der Waals surface area contributed by atoms with Crippen LogP contribution in [0.15, 0.2) is 34.7 Å². The van der Waals surface area contributed by atoms with Gasteiger partial charge in [0.05, 0.1) is 12.0 Å². The first kappa shape index (κ1) is 19.5. The van der Waals surface area contributed by atoms with Crippen LogP contribution in [0.1, 0.15) is 50.8 Å². The lowest BCUT2D eigenvalue weighted by atomic mass is 10.1. The third kappa shape index (κ3) is 4.28. The number of hydrogen-bond acceptors (Lipinski definition) is 5. The second-order valence-electron chi connectivity index (χ2n) is 7.97. The van der Waals surface area contributed by atoms with Crippen LogP contribution in [0.25, 0.3) is 11.0 Å². The maximum absolute atomic E-state index is 12.3. The number of carbonyl (C=O) groups excluding carboxylic acids is 3. The Morgan fingerprint density at radius 3 is 2.79 bits per heavy atom. The lowest BCUT2D eigenvalue weighted by Crippen LogP contribution is -2.35. The quantitative estimate of drug-likeness (QED) is 0.756. The summed E-state index contributed by atoms with van der Waals surface area (Å²) in [7, 11) is 0. The molecule has 1 saturated carbocycles. The van der Waals surface area contributed by atoms with E-state index in [1.807, 2.05) is 42.2 Å². The molecule has 2 amide bonds. The number of likely N-dealkylation sites (tertiary alicyclic amines) is 1. The average Bonchev–Trinajstić information content (AvgIpc) is 3.44. The lowest BCUT2D eigenvalue weighted by molar-refractivity contribution is -0.152. The van der Waals surface area contributed by atoms with E-state index in [2.05, 4.69) is 5.32 Å². The molecule has 2 aliphatic rings. The Hall–Kier alpha value is -2.83. The molecule has 7 heteroatoms. The number of carbonyl (C=O) groups is 3. The van der Waals surface area contributed by atoms with E-state index in [-0.39, 0.29) is 31.0 Å². The van der Waals surface area contributed by atoms with Crippen LogP contribution in [0, 0.1) is 5.92 Å². The fourth-order valence-electron chi connectivity index (χ4n) is 4.28. The molecule has 1 aromatic heterocycles. The van der Waals surface area contributed by atoms with Crippen LogP contribution in [-0.2, 0) is 19.1 Å². The summed E-state index contributed by atoms with van der Waals surface area (Å²) in [5.74, 6) is -0.710. The van der Waals surface area contributed by atoms with Crippen molar-refractivity contribution in [1.82, 2.24) is 10.2 Å². The van der Waals surface area contributed by atoms with Crippen molar-refractivity contribution in [3.8, 4) is 0 Å². The first-order valence-electron chi connectivity index (χ1n) is 10.2. The number of amides is 2. The molecule has 4 rings (SSSR count). The summed E-state index contributed by atoms with van der Waals surface area (Å²) >= 11 is 0. The van der Waals surface area contributed by atoms with Crippen molar-refractivity contribution >= 4 is 28.8 Å². The summed E-state index contributed by atoms with van der Waals surface area (Å²) in [5.41, 5.74) is 0.757. The second kappa shape index (κ2) is 8.27. The van der Waals surface area contributed by atoms with Crippen LogP contribution in [0.3, 0.4) is 0 Å². The third-order valence-corrected chi connectivity index (χ3v) is 5.85. The first-order valence-corrected chi connectivity index (χ1v) is 10.2. The molecule has 2 heterocycles. The highest BCUT2D eigenvalue weighted by atomic mass is 16.5. The number of benzene rings is 1. The largest absolute Gasteiger partial charge is 0.459 e. The number of esters is 1. The van der Waals surface area contributed by atoms with Crippen LogP contribution in [-0.4, -0.2) is 41.9 Å². The zero-order valence-corrected chi connectivity index (χ0v) is 16.6. The highest BCUT2D eigenvalue weighted by molar-refractivity contribution is 5.88. The molecule has 1 saturated heterocycles. The molecule has 0 spiro atoms. The van der Waals surface area contributed by atoms with Crippen LogP contribution < -0.4 is 5.32 Å². The number of rotatable bonds is 6. The highest BCUT2D eigenvalue weighted by Gasteiger charge is 2.39. The molecule has 2 fully saturated rings. The number of fused-ring (bicyclic) bond motifs is 1. The smallest absolute Gasteiger partial charge is 0.311 e. The molecule has 2 aromatic rings. The van der Waals surface area contributed by atoms with Gasteiger partial charge in [-0.25, -0.2) is 0 Å². The van der Waals surface area contributed by atoms with Gasteiger partial charge in [0.2, 0.25) is 5.91 Å². The van der Waals surface area contributed by atoms with Gasteiger partial charge in [-0.05, 0) is 31.9 Å². The summed E-state index contributed by atoms with van der Waals surface area (Å²) in [6.45, 7) is 1.85. The monoisotopic (exact) mass is 398 g/mol. The summed E-state index contributed by atoms with van der Waals surface area (Å²) < 4.78 is 10.9. The van der Waals surface area contributed by atoms with E-state index < -0.39 is 17.8 Å². The van der Waals surface area contributed by atoms with Crippen molar-refractivity contribution in [2.45, 2.75) is 51.1 Å². The first-order chi connectivity index (χ1) is 14.0. The fraction of sp³-hybridized carbons (Fsp3) is 0.500. The molecule has 0 radical (unpaired) electrons. The van der Waals surface area contributed by atoms with Gasteiger partial charge in [0.1, 0.15) is 11.3 Å². The van der Waals surface area contributed by atoms with Crippen molar-refractivity contribution in [3.05, 3.63) is 36.1 Å². The molecule has 0 bridgehead atoms. The topological polar surface area (TPSA) is 88.8 Å². The number of nitrogens with one attached hydrogen (secondary N) is 1. The molecule has 1 aliphatic carbocycles. The molecule has 154 valence electrons. The molecule has 0 unspecified atom stereocenters. The second-order valence-corrected chi connectivity index (χ2v) is 7.97. The number of furan rings is 1. The molecule has 1 aromatic carbocycles. The van der Waals surface area contributed by atoms with Crippen LogP contribution in [0.5, 0.6) is 0 Å². The van der Waals surface area contributed by atoms with Crippen molar-refractivity contribution in [2.24, 2.45) is 5.92 Å². The average molecular weight is 398 g/mol. The van der Waals surface area contributed by atoms with Crippen molar-refractivity contribution in [2.75, 3.05) is 13.2 Å². The zero-order chi connectivity index (χ0) is 20.4. The van der Waals surface area contributed by atoms with Crippen LogP contribution in [0.4, 0.5) is 0 Å². The van der Waals surface area contributed by atoms with Gasteiger partial charge in [0, 0.05) is 24.4 Å². The fourth-order valence-corrected chi connectivity index (χ4v) is 4.28. The summed E-state index contributed by atoms with van der Waals surface area (Å²) in [6.07, 6.45) is 4.46. The van der Waals surface area contributed by atoms with Gasteiger partial charge < -0.3 is 19.4 Å². The van der Waals surface area contributed by atoms with Gasteiger partial charge in [-0.2, -0.15) is 0 Å². The van der Waals surface area contributed by atoms with Gasteiger partial charge in [0.25, 0.3) is 5.91 Å². The third-order valence-electron chi connectivity index (χ3n) is 5.85. The van der Waals surface area contributed by atoms with Gasteiger partial charge in [-0.1, -0.05) is 31.0 Å². The highest BCUT2D eigenvalue weighted by Crippen LogP contribution is 2.30.